The Labute approximate surface area is 112 Å². The lowest BCUT2D eigenvalue weighted by Crippen LogP contribution is -2.43. The molecule has 5 nitrogen and oxygen atoms in total. The van der Waals surface area contributed by atoms with E-state index in [4.69, 9.17) is 4.74 Å². The molecule has 0 bridgehead atoms. The molecule has 1 aromatic rings. The van der Waals surface area contributed by atoms with Gasteiger partial charge in [0.05, 0.1) is 9.53 Å². The molecule has 0 amide bonds. The number of nitrogens with zero attached hydrogens (tertiary/aromatic N) is 1. The Hall–Kier alpha value is -0.630. The minimum absolute atomic E-state index is 0.226. The monoisotopic (exact) mass is 350 g/mol. The molecule has 1 aromatic heterocycles. The second-order valence-electron chi connectivity index (χ2n) is 4.84. The number of H-pyrrole nitrogens is 1. The molecule has 1 N–H and O–H groups in total. The van der Waals surface area contributed by atoms with E-state index in [2.05, 4.69) is 27.6 Å². The predicted octanol–water partition coefficient (Wildman–Crippen LogP) is 1.43. The van der Waals surface area contributed by atoms with E-state index in [0.29, 0.717) is 0 Å². The predicted molar refractivity (Wildman–Crippen MR) is 72.6 cm³/mol. The highest BCUT2D eigenvalue weighted by atomic mass is 127. The molecule has 0 unspecified atom stereocenters. The van der Waals surface area contributed by atoms with Crippen molar-refractivity contribution in [3.63, 3.8) is 0 Å². The highest BCUT2D eigenvalue weighted by Gasteiger charge is 2.35. The van der Waals surface area contributed by atoms with Gasteiger partial charge in [-0.3, -0.25) is 14.3 Å². The Morgan fingerprint density at radius 1 is 1.53 bits per heavy atom. The van der Waals surface area contributed by atoms with Crippen molar-refractivity contribution in [2.24, 2.45) is 0 Å². The Morgan fingerprint density at radius 3 is 2.88 bits per heavy atom. The van der Waals surface area contributed by atoms with E-state index in [9.17, 15) is 9.59 Å². The molecule has 0 radical (unpaired) electrons. The van der Waals surface area contributed by atoms with E-state index in [0.717, 1.165) is 12.8 Å². The molecule has 0 spiro atoms. The van der Waals surface area contributed by atoms with Crippen LogP contribution in [0.4, 0.5) is 0 Å². The maximum Gasteiger partial charge on any atom is 0.330 e. The molecule has 1 fully saturated rings. The van der Waals surface area contributed by atoms with E-state index < -0.39 is 5.69 Å². The van der Waals surface area contributed by atoms with Crippen molar-refractivity contribution in [2.75, 3.05) is 0 Å². The Balaban J connectivity index is 2.37. The number of nitrogens with one attached hydrogen (secondary N) is 1. The van der Waals surface area contributed by atoms with Gasteiger partial charge in [0.2, 0.25) is 0 Å². The maximum atomic E-state index is 11.7. The average molecular weight is 350 g/mol. The number of rotatable bonds is 1. The van der Waals surface area contributed by atoms with Gasteiger partial charge >= 0.3 is 5.69 Å². The van der Waals surface area contributed by atoms with Gasteiger partial charge in [0, 0.05) is 12.3 Å². The first-order chi connectivity index (χ1) is 7.89. The van der Waals surface area contributed by atoms with Crippen LogP contribution in [0, 0.1) is 0 Å². The summed E-state index contributed by atoms with van der Waals surface area (Å²) in [6, 6.07) is 1.34. The fraction of sp³-hybridized carbons (Fsp3) is 0.636. The van der Waals surface area contributed by atoms with Crippen LogP contribution in [-0.2, 0) is 4.74 Å². The summed E-state index contributed by atoms with van der Waals surface area (Å²) in [6.07, 6.45) is 3.14. The van der Waals surface area contributed by atoms with Crippen LogP contribution in [0.2, 0.25) is 0 Å². The highest BCUT2D eigenvalue weighted by molar-refractivity contribution is 14.1. The van der Waals surface area contributed by atoms with E-state index >= 15 is 0 Å². The summed E-state index contributed by atoms with van der Waals surface area (Å²) >= 11 is 2.29. The van der Waals surface area contributed by atoms with Crippen LogP contribution in [0.15, 0.2) is 21.9 Å². The molecule has 1 aliphatic heterocycles. The Bertz CT molecular complexity index is 520. The molecule has 17 heavy (non-hydrogen) atoms. The van der Waals surface area contributed by atoms with E-state index in [1.54, 1.807) is 0 Å². The first-order valence-electron chi connectivity index (χ1n) is 5.52. The van der Waals surface area contributed by atoms with Gasteiger partial charge in [-0.05, 0) is 26.7 Å². The zero-order valence-corrected chi connectivity index (χ0v) is 11.9. The molecule has 2 atom stereocenters. The van der Waals surface area contributed by atoms with E-state index in [1.807, 2.05) is 13.8 Å². The zero-order valence-electron chi connectivity index (χ0n) is 9.77. The third-order valence-corrected chi connectivity index (χ3v) is 4.13. The minimum Gasteiger partial charge on any atom is -0.351 e. The van der Waals surface area contributed by atoms with Gasteiger partial charge in [0.15, 0.2) is 6.23 Å². The van der Waals surface area contributed by atoms with Gasteiger partial charge in [-0.25, -0.2) is 4.79 Å². The van der Waals surface area contributed by atoms with Crippen molar-refractivity contribution in [1.82, 2.24) is 9.55 Å². The number of aromatic nitrogens is 2. The van der Waals surface area contributed by atoms with Gasteiger partial charge in [-0.2, -0.15) is 0 Å². The molecule has 0 aromatic carbocycles. The molecular weight excluding hydrogens is 335 g/mol. The first-order valence-corrected chi connectivity index (χ1v) is 6.77. The van der Waals surface area contributed by atoms with Crippen LogP contribution in [0.1, 0.15) is 32.9 Å². The van der Waals surface area contributed by atoms with Gasteiger partial charge in [-0.1, -0.05) is 22.6 Å². The second-order valence-corrected chi connectivity index (χ2v) is 6.44. The van der Waals surface area contributed by atoms with Crippen molar-refractivity contribution in [2.45, 2.75) is 42.4 Å². The molecule has 0 saturated carbocycles. The lowest BCUT2D eigenvalue weighted by atomic mass is 9.97. The van der Waals surface area contributed by atoms with E-state index in [-0.39, 0.29) is 21.3 Å². The molecule has 94 valence electrons. The topological polar surface area (TPSA) is 64.1 Å². The SMILES string of the molecule is CC1(C)CC[C@H](I)[C@@H](n2ccc(=O)[nH]c2=O)O1. The minimum atomic E-state index is -0.415. The Kier molecular flexibility index (Phi) is 3.44. The lowest BCUT2D eigenvalue weighted by Gasteiger charge is -2.39. The van der Waals surface area contributed by atoms with Crippen LogP contribution in [0.3, 0.4) is 0 Å². The number of alkyl halides is 1. The fourth-order valence-electron chi connectivity index (χ4n) is 1.95. The molecule has 1 aliphatic rings. The summed E-state index contributed by atoms with van der Waals surface area (Å²) in [7, 11) is 0. The third-order valence-electron chi connectivity index (χ3n) is 2.90. The fourth-order valence-corrected chi connectivity index (χ4v) is 2.75. The molecule has 6 heteroatoms. The van der Waals surface area contributed by atoms with Gasteiger partial charge in [0.1, 0.15) is 0 Å². The zero-order chi connectivity index (χ0) is 12.6. The van der Waals surface area contributed by atoms with Crippen LogP contribution in [-0.4, -0.2) is 19.1 Å². The smallest absolute Gasteiger partial charge is 0.330 e. The van der Waals surface area contributed by atoms with Crippen LogP contribution >= 0.6 is 22.6 Å². The molecule has 1 saturated heterocycles. The maximum absolute atomic E-state index is 11.7. The normalized spacial score (nSPS) is 27.9. The lowest BCUT2D eigenvalue weighted by molar-refractivity contribution is -0.135. The summed E-state index contributed by atoms with van der Waals surface area (Å²) in [5, 5.41) is 0. The van der Waals surface area contributed by atoms with Crippen molar-refractivity contribution in [1.29, 1.82) is 0 Å². The first kappa shape index (κ1) is 12.8. The van der Waals surface area contributed by atoms with Gasteiger partial charge in [0.25, 0.3) is 5.56 Å². The molecular formula is C11H15IN2O3. The summed E-state index contributed by atoms with van der Waals surface area (Å²) < 4.78 is 7.61. The van der Waals surface area contributed by atoms with E-state index in [1.165, 1.54) is 16.8 Å². The third kappa shape index (κ3) is 2.79. The average Bonchev–Trinajstić information content (AvgIpc) is 2.22. The largest absolute Gasteiger partial charge is 0.351 e. The number of ether oxygens (including phenoxy) is 1. The summed E-state index contributed by atoms with van der Waals surface area (Å²) in [4.78, 5) is 25.0. The van der Waals surface area contributed by atoms with Crippen LogP contribution in [0.25, 0.3) is 0 Å². The standard InChI is InChI=1S/C11H15IN2O3/c1-11(2)5-3-7(12)9(17-11)14-6-4-8(15)13-10(14)16/h4,6-7,9H,3,5H2,1-2H3,(H,13,15,16)/t7-,9-/m0/s1. The summed E-state index contributed by atoms with van der Waals surface area (Å²) in [5.41, 5.74) is -1.03. The van der Waals surface area contributed by atoms with Crippen molar-refractivity contribution < 1.29 is 4.74 Å². The van der Waals surface area contributed by atoms with Crippen LogP contribution < -0.4 is 11.2 Å². The van der Waals surface area contributed by atoms with Gasteiger partial charge < -0.3 is 4.74 Å². The molecule has 0 aliphatic carbocycles. The van der Waals surface area contributed by atoms with Crippen LogP contribution in [0.5, 0.6) is 0 Å². The highest BCUT2D eigenvalue weighted by Crippen LogP contribution is 2.37. The molecule has 2 rings (SSSR count). The van der Waals surface area contributed by atoms with Crippen molar-refractivity contribution in [3.05, 3.63) is 33.1 Å². The Morgan fingerprint density at radius 2 is 2.24 bits per heavy atom. The van der Waals surface area contributed by atoms with Crippen molar-refractivity contribution >= 4 is 22.6 Å². The number of aromatic amines is 1. The van der Waals surface area contributed by atoms with Crippen molar-refractivity contribution in [3.8, 4) is 0 Å². The quantitative estimate of drug-likeness (QED) is 0.616. The number of hydrogen-bond donors (Lipinski definition) is 1. The molecule has 2 heterocycles. The summed E-state index contributed by atoms with van der Waals surface area (Å²) in [5.74, 6) is 0. The number of halogens is 1. The summed E-state index contributed by atoms with van der Waals surface area (Å²) in [6.45, 7) is 4.03. The number of hydrogen-bond acceptors (Lipinski definition) is 3. The van der Waals surface area contributed by atoms with Gasteiger partial charge in [-0.15, -0.1) is 0 Å². The second kappa shape index (κ2) is 4.56.